The summed E-state index contributed by atoms with van der Waals surface area (Å²) in [4.78, 5) is 22.1. The van der Waals surface area contributed by atoms with Crippen molar-refractivity contribution in [1.29, 1.82) is 0 Å². The molecule has 0 unspecified atom stereocenters. The molecule has 0 aliphatic carbocycles. The fourth-order valence-corrected chi connectivity index (χ4v) is 3.37. The van der Waals surface area contributed by atoms with Crippen LogP contribution in [0.3, 0.4) is 0 Å². The molecule has 1 amide bonds. The Bertz CT molecular complexity index is 824. The lowest BCUT2D eigenvalue weighted by Crippen LogP contribution is -2.38. The van der Waals surface area contributed by atoms with Gasteiger partial charge in [0.05, 0.1) is 10.6 Å². The van der Waals surface area contributed by atoms with Gasteiger partial charge in [0.25, 0.3) is 0 Å². The van der Waals surface area contributed by atoms with Crippen molar-refractivity contribution >= 4 is 45.1 Å². The number of nitrogens with one attached hydrogen (secondary N) is 1. The molecule has 0 bridgehead atoms. The third kappa shape index (κ3) is 4.90. The van der Waals surface area contributed by atoms with Gasteiger partial charge in [-0.15, -0.1) is 0 Å². The summed E-state index contributed by atoms with van der Waals surface area (Å²) in [7, 11) is 0. The zero-order valence-corrected chi connectivity index (χ0v) is 16.3. The van der Waals surface area contributed by atoms with Crippen molar-refractivity contribution in [2.75, 3.05) is 23.3 Å². The number of hydrogen-bond acceptors (Lipinski definition) is 4. The number of aromatic nitrogens is 2. The summed E-state index contributed by atoms with van der Waals surface area (Å²) in [6, 6.07) is 4.36. The molecular weight excluding hydrogens is 449 g/mol. The van der Waals surface area contributed by atoms with Crippen molar-refractivity contribution in [3.05, 3.63) is 45.7 Å². The number of piperidine rings is 1. The fraction of sp³-hybridized carbons (Fsp3) is 0.353. The van der Waals surface area contributed by atoms with Crippen LogP contribution in [0.2, 0.25) is 5.02 Å². The van der Waals surface area contributed by atoms with Gasteiger partial charge in [-0.3, -0.25) is 4.79 Å². The Labute approximate surface area is 167 Å². The van der Waals surface area contributed by atoms with Gasteiger partial charge in [0, 0.05) is 35.9 Å². The number of anilines is 2. The highest BCUT2D eigenvalue weighted by atomic mass is 79.9. The number of rotatable bonds is 3. The fourth-order valence-electron chi connectivity index (χ4n) is 2.85. The van der Waals surface area contributed by atoms with Crippen LogP contribution in [0, 0.1) is 5.92 Å². The first-order valence-corrected chi connectivity index (χ1v) is 9.31. The van der Waals surface area contributed by atoms with Gasteiger partial charge in [0.1, 0.15) is 11.6 Å². The molecule has 1 N–H and O–H groups in total. The molecule has 1 saturated heterocycles. The molecule has 0 saturated carbocycles. The molecule has 0 spiro atoms. The molecule has 1 aliphatic heterocycles. The Kier molecular flexibility index (Phi) is 5.90. The van der Waals surface area contributed by atoms with Gasteiger partial charge in [0.15, 0.2) is 0 Å². The molecule has 27 heavy (non-hydrogen) atoms. The third-order valence-corrected chi connectivity index (χ3v) is 5.04. The predicted octanol–water partition coefficient (Wildman–Crippen LogP) is 4.77. The van der Waals surface area contributed by atoms with E-state index in [-0.39, 0.29) is 16.8 Å². The van der Waals surface area contributed by atoms with E-state index in [0.717, 1.165) is 16.7 Å². The number of amides is 1. The Morgan fingerprint density at radius 1 is 1.22 bits per heavy atom. The van der Waals surface area contributed by atoms with Crippen molar-refractivity contribution in [1.82, 2.24) is 9.97 Å². The Morgan fingerprint density at radius 3 is 2.48 bits per heavy atom. The topological polar surface area (TPSA) is 58.1 Å². The van der Waals surface area contributed by atoms with E-state index in [2.05, 4.69) is 31.2 Å². The number of hydrogen-bond donors (Lipinski definition) is 1. The summed E-state index contributed by atoms with van der Waals surface area (Å²) in [5.41, 5.74) is -0.882. The van der Waals surface area contributed by atoms with E-state index in [1.165, 1.54) is 0 Å². The lowest BCUT2D eigenvalue weighted by atomic mass is 9.96. The van der Waals surface area contributed by atoms with Gasteiger partial charge in [0.2, 0.25) is 5.91 Å². The zero-order valence-electron chi connectivity index (χ0n) is 13.9. The van der Waals surface area contributed by atoms with Crippen molar-refractivity contribution in [3.63, 3.8) is 0 Å². The van der Waals surface area contributed by atoms with E-state index in [1.807, 2.05) is 0 Å². The SMILES string of the molecule is O=C(Nc1ccc(Br)cn1)C1CCN(c2ncc(C(F)(F)F)cc2Cl)CC1. The molecule has 0 atom stereocenters. The summed E-state index contributed by atoms with van der Waals surface area (Å²) < 4.78 is 39.0. The largest absolute Gasteiger partial charge is 0.417 e. The van der Waals surface area contributed by atoms with Crippen LogP contribution in [0.15, 0.2) is 35.1 Å². The Morgan fingerprint density at radius 2 is 1.93 bits per heavy atom. The molecule has 3 rings (SSSR count). The first-order valence-electron chi connectivity index (χ1n) is 8.14. The highest BCUT2D eigenvalue weighted by Gasteiger charge is 2.33. The second kappa shape index (κ2) is 8.02. The van der Waals surface area contributed by atoms with Crippen molar-refractivity contribution in [3.8, 4) is 0 Å². The molecular formula is C17H15BrClF3N4O. The van der Waals surface area contributed by atoms with Gasteiger partial charge in [-0.05, 0) is 47.0 Å². The van der Waals surface area contributed by atoms with E-state index in [9.17, 15) is 18.0 Å². The number of alkyl halides is 3. The van der Waals surface area contributed by atoms with Crippen LogP contribution in [-0.2, 0) is 11.0 Å². The van der Waals surface area contributed by atoms with Crippen LogP contribution in [-0.4, -0.2) is 29.0 Å². The molecule has 2 aromatic rings. The summed E-state index contributed by atoms with van der Waals surface area (Å²) in [6.07, 6.45) is -1.03. The van der Waals surface area contributed by atoms with Crippen molar-refractivity contribution < 1.29 is 18.0 Å². The average molecular weight is 464 g/mol. The van der Waals surface area contributed by atoms with Crippen molar-refractivity contribution in [2.45, 2.75) is 19.0 Å². The van der Waals surface area contributed by atoms with Crippen molar-refractivity contribution in [2.24, 2.45) is 5.92 Å². The zero-order chi connectivity index (χ0) is 19.6. The molecule has 10 heteroatoms. The lowest BCUT2D eigenvalue weighted by Gasteiger charge is -2.32. The molecule has 0 aromatic carbocycles. The maximum atomic E-state index is 12.7. The minimum Gasteiger partial charge on any atom is -0.355 e. The summed E-state index contributed by atoms with van der Waals surface area (Å²) in [6.45, 7) is 0.952. The van der Waals surface area contributed by atoms with Crippen LogP contribution < -0.4 is 10.2 Å². The van der Waals surface area contributed by atoms with Gasteiger partial charge in [-0.25, -0.2) is 9.97 Å². The maximum absolute atomic E-state index is 12.7. The quantitative estimate of drug-likeness (QED) is 0.713. The molecule has 1 fully saturated rings. The van der Waals surface area contributed by atoms with E-state index in [0.29, 0.717) is 37.6 Å². The molecule has 0 radical (unpaired) electrons. The smallest absolute Gasteiger partial charge is 0.355 e. The van der Waals surface area contributed by atoms with E-state index >= 15 is 0 Å². The molecule has 144 valence electrons. The summed E-state index contributed by atoms with van der Waals surface area (Å²) in [5.74, 6) is 0.437. The van der Waals surface area contributed by atoms with Crippen LogP contribution in [0.5, 0.6) is 0 Å². The van der Waals surface area contributed by atoms with Gasteiger partial charge >= 0.3 is 6.18 Å². The Balaban J connectivity index is 1.60. The number of carbonyl (C=O) groups excluding carboxylic acids is 1. The highest BCUT2D eigenvalue weighted by molar-refractivity contribution is 9.10. The minimum atomic E-state index is -4.48. The normalized spacial score (nSPS) is 15.7. The first-order chi connectivity index (χ1) is 12.7. The standard InChI is InChI=1S/C17H15BrClF3N4O/c18-12-1-2-14(23-9-12)25-16(27)10-3-5-26(6-4-10)15-13(19)7-11(8-24-15)17(20,21)22/h1-2,7-10H,3-6H2,(H,23,25,27). The van der Waals surface area contributed by atoms with Crippen LogP contribution in [0.25, 0.3) is 0 Å². The number of carbonyl (C=O) groups is 1. The Hall–Kier alpha value is -1.87. The minimum absolute atomic E-state index is 0.0493. The highest BCUT2D eigenvalue weighted by Crippen LogP contribution is 2.34. The monoisotopic (exact) mass is 462 g/mol. The molecule has 1 aliphatic rings. The van der Waals surface area contributed by atoms with Gasteiger partial charge in [-0.2, -0.15) is 13.2 Å². The van der Waals surface area contributed by atoms with Crippen LogP contribution in [0.1, 0.15) is 18.4 Å². The predicted molar refractivity (Wildman–Crippen MR) is 99.8 cm³/mol. The van der Waals surface area contributed by atoms with Gasteiger partial charge in [-0.1, -0.05) is 11.6 Å². The van der Waals surface area contributed by atoms with E-state index < -0.39 is 11.7 Å². The lowest BCUT2D eigenvalue weighted by molar-refractivity contribution is -0.137. The van der Waals surface area contributed by atoms with Gasteiger partial charge < -0.3 is 10.2 Å². The number of pyridine rings is 2. The maximum Gasteiger partial charge on any atom is 0.417 e. The van der Waals surface area contributed by atoms with Crippen LogP contribution >= 0.6 is 27.5 Å². The number of nitrogens with zero attached hydrogens (tertiary/aromatic N) is 3. The second-order valence-electron chi connectivity index (χ2n) is 6.14. The molecule has 3 heterocycles. The summed E-state index contributed by atoms with van der Waals surface area (Å²) >= 11 is 9.27. The molecule has 5 nitrogen and oxygen atoms in total. The first kappa shape index (κ1) is 19.9. The third-order valence-electron chi connectivity index (χ3n) is 4.29. The van der Waals surface area contributed by atoms with E-state index in [1.54, 1.807) is 23.2 Å². The number of halogens is 5. The van der Waals surface area contributed by atoms with E-state index in [4.69, 9.17) is 11.6 Å². The molecule has 2 aromatic heterocycles. The second-order valence-corrected chi connectivity index (χ2v) is 7.46. The average Bonchev–Trinajstić information content (AvgIpc) is 2.63. The van der Waals surface area contributed by atoms with Crippen LogP contribution in [0.4, 0.5) is 24.8 Å². The summed E-state index contributed by atoms with van der Waals surface area (Å²) in [5, 5.41) is 2.72.